The van der Waals surface area contributed by atoms with E-state index in [1.807, 2.05) is 61.5 Å². The third-order valence-electron chi connectivity index (χ3n) is 4.50. The summed E-state index contributed by atoms with van der Waals surface area (Å²) in [4.78, 5) is 30.1. The van der Waals surface area contributed by atoms with E-state index in [2.05, 4.69) is 4.98 Å². The first-order valence-corrected chi connectivity index (χ1v) is 9.01. The number of fused-ring (bicyclic) bond motifs is 1. The van der Waals surface area contributed by atoms with E-state index in [1.54, 1.807) is 24.2 Å². The van der Waals surface area contributed by atoms with Crippen molar-refractivity contribution in [2.75, 3.05) is 13.7 Å². The van der Waals surface area contributed by atoms with Gasteiger partial charge in [-0.3, -0.25) is 9.78 Å². The molecule has 3 rings (SSSR count). The number of ether oxygens (including phenoxy) is 1. The molecule has 3 aromatic rings. The molecular formula is C23H22N2O3. The fourth-order valence-electron chi connectivity index (χ4n) is 2.84. The lowest BCUT2D eigenvalue weighted by molar-refractivity contribution is -0.147. The fraction of sp³-hybridized carbons (Fsp3) is 0.174. The number of hydrogen-bond acceptors (Lipinski definition) is 4. The number of aryl methyl sites for hydroxylation is 1. The molecule has 5 nitrogen and oxygen atoms in total. The van der Waals surface area contributed by atoms with Crippen LogP contribution < -0.4 is 0 Å². The standard InChI is InChI=1S/C23H22N2O3/c1-17-7-3-4-8-20(17)15-25(2)21(26)16-28-22(27)13-12-19-10-5-9-18-11-6-14-24-23(18)19/h3-14H,15-16H2,1-2H3/b13-12+. The summed E-state index contributed by atoms with van der Waals surface area (Å²) in [6.07, 6.45) is 4.68. The second-order valence-electron chi connectivity index (χ2n) is 6.54. The van der Waals surface area contributed by atoms with Crippen LogP contribution in [0.2, 0.25) is 0 Å². The van der Waals surface area contributed by atoms with E-state index in [9.17, 15) is 9.59 Å². The number of amides is 1. The van der Waals surface area contributed by atoms with Crippen molar-refractivity contribution >= 4 is 28.9 Å². The predicted octanol–water partition coefficient (Wildman–Crippen LogP) is 3.76. The molecule has 0 bridgehead atoms. The van der Waals surface area contributed by atoms with Gasteiger partial charge in [0.05, 0.1) is 5.52 Å². The Bertz CT molecular complexity index is 1020. The fourth-order valence-corrected chi connectivity index (χ4v) is 2.84. The van der Waals surface area contributed by atoms with E-state index in [-0.39, 0.29) is 12.5 Å². The van der Waals surface area contributed by atoms with Gasteiger partial charge in [-0.05, 0) is 30.2 Å². The summed E-state index contributed by atoms with van der Waals surface area (Å²) in [5.74, 6) is -0.817. The van der Waals surface area contributed by atoms with Gasteiger partial charge in [0, 0.05) is 36.8 Å². The number of aromatic nitrogens is 1. The summed E-state index contributed by atoms with van der Waals surface area (Å²) < 4.78 is 5.09. The smallest absolute Gasteiger partial charge is 0.331 e. The molecule has 0 atom stereocenters. The van der Waals surface area contributed by atoms with E-state index in [1.165, 1.54) is 6.08 Å². The van der Waals surface area contributed by atoms with Crippen LogP contribution >= 0.6 is 0 Å². The first-order valence-electron chi connectivity index (χ1n) is 9.01. The van der Waals surface area contributed by atoms with E-state index in [4.69, 9.17) is 4.74 Å². The van der Waals surface area contributed by atoms with Crippen LogP contribution in [-0.4, -0.2) is 35.4 Å². The Balaban J connectivity index is 1.55. The number of para-hydroxylation sites is 1. The number of rotatable bonds is 6. The third-order valence-corrected chi connectivity index (χ3v) is 4.50. The number of likely N-dealkylation sites (N-methyl/N-ethyl adjacent to an activating group) is 1. The van der Waals surface area contributed by atoms with E-state index < -0.39 is 5.97 Å². The van der Waals surface area contributed by atoms with Crippen LogP contribution in [0.3, 0.4) is 0 Å². The van der Waals surface area contributed by atoms with Gasteiger partial charge in [-0.1, -0.05) is 48.5 Å². The second kappa shape index (κ2) is 8.95. The molecule has 1 aromatic heterocycles. The highest BCUT2D eigenvalue weighted by atomic mass is 16.5. The molecule has 0 radical (unpaired) electrons. The van der Waals surface area contributed by atoms with Crippen LogP contribution in [-0.2, 0) is 20.9 Å². The first kappa shape index (κ1) is 19.3. The highest BCUT2D eigenvalue weighted by Gasteiger charge is 2.12. The molecule has 0 spiro atoms. The molecule has 0 saturated heterocycles. The van der Waals surface area contributed by atoms with Gasteiger partial charge in [0.2, 0.25) is 0 Å². The molecule has 0 saturated carbocycles. The number of nitrogens with zero attached hydrogens (tertiary/aromatic N) is 2. The van der Waals surface area contributed by atoms with Crippen molar-refractivity contribution < 1.29 is 14.3 Å². The normalized spacial score (nSPS) is 10.9. The van der Waals surface area contributed by atoms with Crippen LogP contribution in [0.1, 0.15) is 16.7 Å². The van der Waals surface area contributed by atoms with Crippen molar-refractivity contribution in [2.24, 2.45) is 0 Å². The summed E-state index contributed by atoms with van der Waals surface area (Å²) in [5, 5.41) is 0.992. The summed E-state index contributed by atoms with van der Waals surface area (Å²) in [5.41, 5.74) is 3.81. The number of carbonyl (C=O) groups excluding carboxylic acids is 2. The summed E-state index contributed by atoms with van der Waals surface area (Å²) >= 11 is 0. The maximum Gasteiger partial charge on any atom is 0.331 e. The Morgan fingerprint density at radius 3 is 2.68 bits per heavy atom. The first-order chi connectivity index (χ1) is 13.5. The summed E-state index contributed by atoms with van der Waals surface area (Å²) in [7, 11) is 1.69. The van der Waals surface area contributed by atoms with Gasteiger partial charge in [-0.15, -0.1) is 0 Å². The highest BCUT2D eigenvalue weighted by Crippen LogP contribution is 2.17. The third kappa shape index (κ3) is 4.82. The van der Waals surface area contributed by atoms with Crippen LogP contribution in [0, 0.1) is 6.92 Å². The van der Waals surface area contributed by atoms with Gasteiger partial charge in [0.25, 0.3) is 5.91 Å². The number of pyridine rings is 1. The van der Waals surface area contributed by atoms with E-state index >= 15 is 0 Å². The molecule has 1 amide bonds. The molecule has 0 aliphatic carbocycles. The molecule has 0 fully saturated rings. The Morgan fingerprint density at radius 2 is 1.86 bits per heavy atom. The predicted molar refractivity (Wildman–Crippen MR) is 109 cm³/mol. The largest absolute Gasteiger partial charge is 0.452 e. The van der Waals surface area contributed by atoms with E-state index in [0.717, 1.165) is 27.6 Å². The molecule has 0 N–H and O–H groups in total. The molecule has 5 heteroatoms. The van der Waals surface area contributed by atoms with Crippen molar-refractivity contribution in [3.63, 3.8) is 0 Å². The lowest BCUT2D eigenvalue weighted by Crippen LogP contribution is -2.30. The minimum atomic E-state index is -0.564. The molecule has 0 aliphatic rings. The zero-order valence-corrected chi connectivity index (χ0v) is 16.0. The maximum atomic E-state index is 12.2. The topological polar surface area (TPSA) is 59.5 Å². The molecule has 1 heterocycles. The number of esters is 1. The molecule has 142 valence electrons. The number of carbonyl (C=O) groups is 2. The molecular weight excluding hydrogens is 352 g/mol. The van der Waals surface area contributed by atoms with Crippen molar-refractivity contribution in [1.82, 2.24) is 9.88 Å². The van der Waals surface area contributed by atoms with Crippen LogP contribution in [0.15, 0.2) is 66.9 Å². The van der Waals surface area contributed by atoms with Gasteiger partial charge < -0.3 is 9.64 Å². The molecule has 0 aliphatic heterocycles. The van der Waals surface area contributed by atoms with E-state index in [0.29, 0.717) is 6.54 Å². The number of hydrogen-bond donors (Lipinski definition) is 0. The van der Waals surface area contributed by atoms with Gasteiger partial charge >= 0.3 is 5.97 Å². The highest BCUT2D eigenvalue weighted by molar-refractivity contribution is 5.93. The Hall–Kier alpha value is -3.47. The van der Waals surface area contributed by atoms with Crippen molar-refractivity contribution in [3.05, 3.63) is 83.6 Å². The van der Waals surface area contributed by atoms with Crippen molar-refractivity contribution in [1.29, 1.82) is 0 Å². The zero-order valence-electron chi connectivity index (χ0n) is 16.0. The Kier molecular flexibility index (Phi) is 6.17. The lowest BCUT2D eigenvalue weighted by atomic mass is 10.1. The second-order valence-corrected chi connectivity index (χ2v) is 6.54. The van der Waals surface area contributed by atoms with Crippen molar-refractivity contribution in [3.8, 4) is 0 Å². The quantitative estimate of drug-likeness (QED) is 0.487. The van der Waals surface area contributed by atoms with Gasteiger partial charge in [0.15, 0.2) is 6.61 Å². The summed E-state index contributed by atoms with van der Waals surface area (Å²) in [6, 6.07) is 17.4. The van der Waals surface area contributed by atoms with Crippen LogP contribution in [0.5, 0.6) is 0 Å². The molecule has 28 heavy (non-hydrogen) atoms. The molecule has 2 aromatic carbocycles. The minimum Gasteiger partial charge on any atom is -0.452 e. The lowest BCUT2D eigenvalue weighted by Gasteiger charge is -2.18. The Labute approximate surface area is 164 Å². The number of benzene rings is 2. The van der Waals surface area contributed by atoms with Gasteiger partial charge in [-0.2, -0.15) is 0 Å². The Morgan fingerprint density at radius 1 is 1.07 bits per heavy atom. The molecule has 0 unspecified atom stereocenters. The maximum absolute atomic E-state index is 12.2. The SMILES string of the molecule is Cc1ccccc1CN(C)C(=O)COC(=O)/C=C/c1cccc2cccnc12. The van der Waals surface area contributed by atoms with Crippen LogP contribution in [0.25, 0.3) is 17.0 Å². The van der Waals surface area contributed by atoms with Gasteiger partial charge in [0.1, 0.15) is 0 Å². The minimum absolute atomic E-state index is 0.253. The van der Waals surface area contributed by atoms with Crippen LogP contribution in [0.4, 0.5) is 0 Å². The van der Waals surface area contributed by atoms with Gasteiger partial charge in [-0.25, -0.2) is 4.79 Å². The summed E-state index contributed by atoms with van der Waals surface area (Å²) in [6.45, 7) is 2.18. The monoisotopic (exact) mass is 374 g/mol. The van der Waals surface area contributed by atoms with Crippen molar-refractivity contribution in [2.45, 2.75) is 13.5 Å². The average molecular weight is 374 g/mol. The average Bonchev–Trinajstić information content (AvgIpc) is 2.72. The zero-order chi connectivity index (χ0) is 19.9.